The van der Waals surface area contributed by atoms with Crippen LogP contribution in [0, 0.1) is 30.6 Å². The smallest absolute Gasteiger partial charge is 0.220 e. The second-order valence-corrected chi connectivity index (χ2v) is 20.4. The molecule has 17 heteroatoms. The summed E-state index contributed by atoms with van der Waals surface area (Å²) in [7, 11) is 0. The van der Waals surface area contributed by atoms with Gasteiger partial charge in [0, 0.05) is 78.3 Å². The van der Waals surface area contributed by atoms with Crippen LogP contribution >= 0.6 is 0 Å². The van der Waals surface area contributed by atoms with Crippen LogP contribution in [0.5, 0.6) is 17.2 Å². The first-order valence-corrected chi connectivity index (χ1v) is 24.5. The summed E-state index contributed by atoms with van der Waals surface area (Å²) in [6, 6.07) is 12.4. The Labute approximate surface area is 402 Å². The lowest BCUT2D eigenvalue weighted by Crippen LogP contribution is -2.68. The molecule has 1 amide bonds. The van der Waals surface area contributed by atoms with E-state index in [1.54, 1.807) is 13.0 Å². The van der Waals surface area contributed by atoms with Gasteiger partial charge in [-0.15, -0.1) is 0 Å². The molecule has 10 N–H and O–H groups in total. The predicted molar refractivity (Wildman–Crippen MR) is 257 cm³/mol. The van der Waals surface area contributed by atoms with Crippen LogP contribution in [0.2, 0.25) is 0 Å². The number of phenols is 2. The summed E-state index contributed by atoms with van der Waals surface area (Å²) in [6.07, 6.45) is 3.06. The Morgan fingerprint density at radius 2 is 1.86 bits per heavy atom. The molecule has 3 aromatic carbocycles. The maximum absolute atomic E-state index is 14.0. The highest BCUT2D eigenvalue weighted by molar-refractivity contribution is 5.93. The summed E-state index contributed by atoms with van der Waals surface area (Å²) in [5, 5.41) is 86.0. The molecule has 17 nitrogen and oxygen atoms in total. The molecule has 11 rings (SSSR count). The Hall–Kier alpha value is -5.76. The number of hydrogen-bond acceptors (Lipinski definition) is 14. The van der Waals surface area contributed by atoms with Crippen molar-refractivity contribution in [3.05, 3.63) is 105 Å². The van der Waals surface area contributed by atoms with E-state index in [9.17, 15) is 45.3 Å². The van der Waals surface area contributed by atoms with E-state index in [-0.39, 0.29) is 59.0 Å². The van der Waals surface area contributed by atoms with Gasteiger partial charge in [-0.2, -0.15) is 0 Å². The molecule has 5 aliphatic rings. The molecule has 11 atom stereocenters. The summed E-state index contributed by atoms with van der Waals surface area (Å²) < 4.78 is 16.4. The molecule has 2 saturated heterocycles. The third-order valence-electron chi connectivity index (χ3n) is 16.2. The van der Waals surface area contributed by atoms with E-state index < -0.39 is 55.3 Å². The number of benzene rings is 3. The second-order valence-electron chi connectivity index (χ2n) is 20.4. The number of fused-ring (bicyclic) bond motifs is 9. The minimum Gasteiger partial charge on any atom is -0.508 e. The van der Waals surface area contributed by atoms with Crippen LogP contribution in [0.15, 0.2) is 81.8 Å². The standard InChI is InChI=1S/C53H60N4O13/c1-3-40-34-10-12-54-39(34)23-57(40)47-49-30(15-36-42(61)13-26(2)68-50(36)47)17-44(53(69-49)21-37(31-18-45(63)56-22-31)29-14-27-5-4-11-55-46(27)38(53)16-29)70-67-25-52(66,51(65)48(64)43(62)24-58)20-28-6-9-41(60)33-8-7-32(59)19-35(28)33/h6-10,12-15,19,23,29,31,37-38,43-44,46,48,51,54-55,58-60,62,64-66H,3-5,11,16-18,20-22,24-25H2,1-2H3,(H,56,63)/t29-,31-,37-,38-,43+,44+,46-,48+,51-,52-,53-/m0/s1. The third-order valence-corrected chi connectivity index (χ3v) is 16.2. The maximum Gasteiger partial charge on any atom is 0.220 e. The van der Waals surface area contributed by atoms with Crippen LogP contribution in [0.3, 0.4) is 0 Å². The number of piperidine rings is 1. The van der Waals surface area contributed by atoms with E-state index in [0.29, 0.717) is 82.3 Å². The number of carbonyl (C=O) groups is 1. The number of aromatic amines is 1. The van der Waals surface area contributed by atoms with Gasteiger partial charge in [0.25, 0.3) is 0 Å². The van der Waals surface area contributed by atoms with Crippen LogP contribution in [0.25, 0.3) is 38.3 Å². The molecule has 2 bridgehead atoms. The summed E-state index contributed by atoms with van der Waals surface area (Å²) in [5.41, 5.74) is 1.23. The number of aromatic hydroxyl groups is 2. The first kappa shape index (κ1) is 46.6. The SMILES string of the molecule is CCc1c2cc[nH]c2cn1-c1c2c(cc3c(=O)cc(C)oc13)C[C@@H](OOC[C@@](O)(Cc1ccc(O)c3ccc(O)cc13)[C@@H](O)[C@H](O)[C@H](O)CO)[C@@]1(C[C@H]([C@@H]3CNC(=O)C3)[C@H]3C=C4CCCN[C@@H]4[C@@H]1C3)O2. The fraction of sp³-hybridized carbons (Fsp3) is 0.472. The van der Waals surface area contributed by atoms with Crippen molar-refractivity contribution in [2.24, 2.45) is 23.7 Å². The molecule has 6 heterocycles. The summed E-state index contributed by atoms with van der Waals surface area (Å²) in [6.45, 7) is 3.41. The number of aromatic nitrogens is 2. The van der Waals surface area contributed by atoms with E-state index in [1.165, 1.54) is 42.0 Å². The average Bonchev–Trinajstić information content (AvgIpc) is 4.09. The number of allylic oxidation sites excluding steroid dienone is 1. The van der Waals surface area contributed by atoms with Gasteiger partial charge in [0.2, 0.25) is 5.91 Å². The highest BCUT2D eigenvalue weighted by Crippen LogP contribution is 2.58. The van der Waals surface area contributed by atoms with Crippen molar-refractivity contribution in [3.8, 4) is 22.9 Å². The Morgan fingerprint density at radius 3 is 2.64 bits per heavy atom. The van der Waals surface area contributed by atoms with Gasteiger partial charge in [-0.3, -0.25) is 9.59 Å². The maximum atomic E-state index is 14.0. The fourth-order valence-corrected chi connectivity index (χ4v) is 12.8. The number of amides is 1. The zero-order valence-electron chi connectivity index (χ0n) is 39.1. The van der Waals surface area contributed by atoms with Crippen LogP contribution in [0.4, 0.5) is 0 Å². The van der Waals surface area contributed by atoms with Gasteiger partial charge in [0.05, 0.1) is 17.5 Å². The van der Waals surface area contributed by atoms with Gasteiger partial charge in [0.15, 0.2) is 16.8 Å². The van der Waals surface area contributed by atoms with Crippen LogP contribution < -0.4 is 20.8 Å². The first-order chi connectivity index (χ1) is 33.7. The number of carbonyl (C=O) groups excluding carboxylic acids is 1. The molecule has 2 aliphatic carbocycles. The summed E-state index contributed by atoms with van der Waals surface area (Å²) >= 11 is 0. The quantitative estimate of drug-likeness (QED) is 0.0446. The van der Waals surface area contributed by atoms with Crippen molar-refractivity contribution in [1.82, 2.24) is 20.2 Å². The van der Waals surface area contributed by atoms with Gasteiger partial charge in [-0.25, -0.2) is 9.78 Å². The number of nitrogens with one attached hydrogen (secondary N) is 3. The number of aliphatic hydroxyl groups excluding tert-OH is 4. The predicted octanol–water partition coefficient (Wildman–Crippen LogP) is 4.01. The normalized spacial score (nSPS) is 27.4. The highest BCUT2D eigenvalue weighted by atomic mass is 17.2. The molecular formula is C53H60N4O13. The molecular weight excluding hydrogens is 901 g/mol. The highest BCUT2D eigenvalue weighted by Gasteiger charge is 2.62. The Kier molecular flexibility index (Phi) is 11.9. The molecule has 0 unspecified atom stereocenters. The number of rotatable bonds is 13. The van der Waals surface area contributed by atoms with Gasteiger partial charge in [0.1, 0.15) is 65.2 Å². The Bertz CT molecular complexity index is 3110. The third kappa shape index (κ3) is 7.69. The zero-order chi connectivity index (χ0) is 48.8. The van der Waals surface area contributed by atoms with E-state index in [4.69, 9.17) is 18.9 Å². The molecule has 70 heavy (non-hydrogen) atoms. The minimum atomic E-state index is -2.43. The molecule has 0 radical (unpaired) electrons. The van der Waals surface area contributed by atoms with Crippen molar-refractivity contribution in [1.29, 1.82) is 0 Å². The molecule has 6 aromatic rings. The number of ether oxygens (including phenoxy) is 1. The topological polar surface area (TPSA) is 261 Å². The molecule has 1 saturated carbocycles. The van der Waals surface area contributed by atoms with Crippen LogP contribution in [-0.2, 0) is 33.8 Å². The minimum absolute atomic E-state index is 0.00887. The van der Waals surface area contributed by atoms with E-state index in [1.807, 2.05) is 18.5 Å². The largest absolute Gasteiger partial charge is 0.508 e. The zero-order valence-corrected chi connectivity index (χ0v) is 39.1. The van der Waals surface area contributed by atoms with Crippen molar-refractivity contribution in [2.45, 2.75) is 107 Å². The second kappa shape index (κ2) is 17.8. The monoisotopic (exact) mass is 960 g/mol. The first-order valence-electron chi connectivity index (χ1n) is 24.5. The van der Waals surface area contributed by atoms with Crippen molar-refractivity contribution in [2.75, 3.05) is 26.3 Å². The number of H-pyrrole nitrogens is 1. The van der Waals surface area contributed by atoms with Crippen molar-refractivity contribution in [3.63, 3.8) is 0 Å². The summed E-state index contributed by atoms with van der Waals surface area (Å²) in [5.74, 6) is 0.615. The lowest BCUT2D eigenvalue weighted by atomic mass is 9.54. The molecule has 3 aliphatic heterocycles. The molecule has 370 valence electrons. The fourth-order valence-electron chi connectivity index (χ4n) is 12.8. The van der Waals surface area contributed by atoms with Crippen LogP contribution in [-0.4, -0.2) is 119 Å². The molecule has 3 aromatic heterocycles. The van der Waals surface area contributed by atoms with Crippen molar-refractivity contribution < 1.29 is 59.5 Å². The lowest BCUT2D eigenvalue weighted by molar-refractivity contribution is -0.380. The summed E-state index contributed by atoms with van der Waals surface area (Å²) in [4.78, 5) is 43.2. The number of aliphatic hydroxyl groups is 5. The van der Waals surface area contributed by atoms with E-state index >= 15 is 0 Å². The average molecular weight is 961 g/mol. The van der Waals surface area contributed by atoms with E-state index in [0.717, 1.165) is 36.0 Å². The Balaban J connectivity index is 1.06. The number of aryl methyl sites for hydroxylation is 2. The number of phenolic OH excluding ortho intramolecular Hbond substituents is 2. The van der Waals surface area contributed by atoms with Gasteiger partial charge in [-0.05, 0) is 111 Å². The molecule has 3 fully saturated rings. The van der Waals surface area contributed by atoms with Gasteiger partial charge >= 0.3 is 0 Å². The lowest BCUT2D eigenvalue weighted by Gasteiger charge is -2.59. The van der Waals surface area contributed by atoms with Gasteiger partial charge < -0.3 is 65.1 Å². The number of nitrogens with zero attached hydrogens (tertiary/aromatic N) is 1. The molecule has 1 spiro atoms. The Morgan fingerprint density at radius 1 is 1.01 bits per heavy atom. The van der Waals surface area contributed by atoms with E-state index in [2.05, 4.69) is 33.2 Å². The number of hydrogen-bond donors (Lipinski definition) is 10. The van der Waals surface area contributed by atoms with Crippen LogP contribution in [0.1, 0.15) is 61.6 Å². The van der Waals surface area contributed by atoms with Gasteiger partial charge in [-0.1, -0.05) is 24.6 Å². The van der Waals surface area contributed by atoms with Crippen molar-refractivity contribution >= 4 is 38.6 Å².